The first-order valence-electron chi connectivity index (χ1n) is 5.62. The van der Waals surface area contributed by atoms with Gasteiger partial charge >= 0.3 is 5.97 Å². The highest BCUT2D eigenvalue weighted by Gasteiger charge is 2.35. The fourth-order valence-corrected chi connectivity index (χ4v) is 2.78. The van der Waals surface area contributed by atoms with Crippen LogP contribution in [0.4, 0.5) is 0 Å². The van der Waals surface area contributed by atoms with Crippen molar-refractivity contribution < 1.29 is 14.3 Å². The van der Waals surface area contributed by atoms with Crippen molar-refractivity contribution in [3.05, 3.63) is 29.3 Å². The van der Waals surface area contributed by atoms with E-state index >= 15 is 0 Å². The van der Waals surface area contributed by atoms with E-state index in [1.54, 1.807) is 7.11 Å². The van der Waals surface area contributed by atoms with Crippen molar-refractivity contribution in [3.63, 3.8) is 0 Å². The van der Waals surface area contributed by atoms with E-state index in [0.717, 1.165) is 18.6 Å². The monoisotopic (exact) mass is 218 g/mol. The van der Waals surface area contributed by atoms with Gasteiger partial charge in [0.1, 0.15) is 11.9 Å². The zero-order valence-electron chi connectivity index (χ0n) is 9.23. The molecule has 1 aromatic rings. The molecule has 0 spiro atoms. The van der Waals surface area contributed by atoms with Gasteiger partial charge in [0, 0.05) is 6.42 Å². The molecule has 1 fully saturated rings. The molecule has 84 valence electrons. The molecule has 1 aliphatic carbocycles. The van der Waals surface area contributed by atoms with Crippen molar-refractivity contribution >= 4 is 5.97 Å². The summed E-state index contributed by atoms with van der Waals surface area (Å²) in [7, 11) is 1.67. The summed E-state index contributed by atoms with van der Waals surface area (Å²) in [4.78, 5) is 11.4. The SMILES string of the molecule is COc1ccc2c(c1)C[C@@H]1C[C@H]2CC(=O)O1. The van der Waals surface area contributed by atoms with Gasteiger partial charge in [-0.05, 0) is 35.6 Å². The summed E-state index contributed by atoms with van der Waals surface area (Å²) in [5.74, 6) is 1.17. The Bertz CT molecular complexity index is 439. The van der Waals surface area contributed by atoms with Gasteiger partial charge in [0.25, 0.3) is 0 Å². The normalized spacial score (nSPS) is 26.9. The quantitative estimate of drug-likeness (QED) is 0.677. The van der Waals surface area contributed by atoms with Crippen LogP contribution >= 0.6 is 0 Å². The molecule has 1 aromatic carbocycles. The number of fused-ring (bicyclic) bond motifs is 4. The van der Waals surface area contributed by atoms with Gasteiger partial charge in [0.15, 0.2) is 0 Å². The van der Waals surface area contributed by atoms with Crippen LogP contribution in [-0.4, -0.2) is 19.2 Å². The zero-order chi connectivity index (χ0) is 11.1. The first kappa shape index (κ1) is 9.70. The van der Waals surface area contributed by atoms with E-state index in [1.807, 2.05) is 6.07 Å². The van der Waals surface area contributed by atoms with Crippen molar-refractivity contribution in [2.45, 2.75) is 31.3 Å². The van der Waals surface area contributed by atoms with Crippen LogP contribution in [0, 0.1) is 0 Å². The summed E-state index contributed by atoms with van der Waals surface area (Å²) in [6, 6.07) is 6.13. The van der Waals surface area contributed by atoms with Gasteiger partial charge in [0.05, 0.1) is 13.5 Å². The van der Waals surface area contributed by atoms with Crippen LogP contribution in [0.15, 0.2) is 18.2 Å². The van der Waals surface area contributed by atoms with Gasteiger partial charge in [-0.15, -0.1) is 0 Å². The first-order valence-corrected chi connectivity index (χ1v) is 5.62. The largest absolute Gasteiger partial charge is 0.497 e. The van der Waals surface area contributed by atoms with Gasteiger partial charge in [-0.2, -0.15) is 0 Å². The molecule has 2 aliphatic rings. The van der Waals surface area contributed by atoms with Gasteiger partial charge in [-0.25, -0.2) is 0 Å². The maximum absolute atomic E-state index is 11.4. The Morgan fingerprint density at radius 1 is 1.38 bits per heavy atom. The number of carbonyl (C=O) groups excluding carboxylic acids is 1. The molecule has 3 heteroatoms. The van der Waals surface area contributed by atoms with Crippen LogP contribution in [0.5, 0.6) is 5.75 Å². The Labute approximate surface area is 94.4 Å². The fourth-order valence-electron chi connectivity index (χ4n) is 2.78. The van der Waals surface area contributed by atoms with E-state index in [0.29, 0.717) is 12.3 Å². The molecular formula is C13H14O3. The Hall–Kier alpha value is -1.51. The van der Waals surface area contributed by atoms with Crippen molar-refractivity contribution in [1.82, 2.24) is 0 Å². The molecule has 0 N–H and O–H groups in total. The van der Waals surface area contributed by atoms with Crippen molar-refractivity contribution in [2.24, 2.45) is 0 Å². The lowest BCUT2D eigenvalue weighted by molar-refractivity contribution is -0.155. The number of hydrogen-bond acceptors (Lipinski definition) is 3. The van der Waals surface area contributed by atoms with Crippen LogP contribution in [0.3, 0.4) is 0 Å². The minimum absolute atomic E-state index is 0.0530. The lowest BCUT2D eigenvalue weighted by Gasteiger charge is -2.35. The maximum atomic E-state index is 11.4. The third-order valence-electron chi connectivity index (χ3n) is 3.50. The van der Waals surface area contributed by atoms with E-state index in [-0.39, 0.29) is 12.1 Å². The molecule has 3 rings (SSSR count). The second kappa shape index (κ2) is 3.51. The van der Waals surface area contributed by atoms with Crippen molar-refractivity contribution in [3.8, 4) is 5.75 Å². The molecular weight excluding hydrogens is 204 g/mol. The highest BCUT2D eigenvalue weighted by atomic mass is 16.5. The molecule has 2 atom stereocenters. The third kappa shape index (κ3) is 1.47. The first-order chi connectivity index (χ1) is 7.76. The highest BCUT2D eigenvalue weighted by Crippen LogP contribution is 2.40. The predicted molar refractivity (Wildman–Crippen MR) is 58.6 cm³/mol. The molecule has 0 aromatic heterocycles. The number of carbonyl (C=O) groups is 1. The molecule has 1 heterocycles. The molecule has 3 nitrogen and oxygen atoms in total. The van der Waals surface area contributed by atoms with Crippen LogP contribution in [0.1, 0.15) is 29.9 Å². The number of benzene rings is 1. The predicted octanol–water partition coefficient (Wildman–Crippen LogP) is 2.04. The van der Waals surface area contributed by atoms with Crippen LogP contribution in [-0.2, 0) is 16.0 Å². The molecule has 1 aliphatic heterocycles. The Morgan fingerprint density at radius 3 is 3.06 bits per heavy atom. The summed E-state index contributed by atoms with van der Waals surface area (Å²) in [5, 5.41) is 0. The minimum atomic E-state index is -0.0530. The minimum Gasteiger partial charge on any atom is -0.497 e. The van der Waals surface area contributed by atoms with E-state index in [9.17, 15) is 4.79 Å². The fraction of sp³-hybridized carbons (Fsp3) is 0.462. The summed E-state index contributed by atoms with van der Waals surface area (Å²) in [5.41, 5.74) is 2.57. The van der Waals surface area contributed by atoms with Gasteiger partial charge in [-0.1, -0.05) is 6.07 Å². The lowest BCUT2D eigenvalue weighted by Crippen LogP contribution is -2.34. The average Bonchev–Trinajstić information content (AvgIpc) is 2.27. The maximum Gasteiger partial charge on any atom is 0.306 e. The Balaban J connectivity index is 2.01. The second-order valence-electron chi connectivity index (χ2n) is 4.52. The molecule has 16 heavy (non-hydrogen) atoms. The summed E-state index contributed by atoms with van der Waals surface area (Å²) in [6.45, 7) is 0. The van der Waals surface area contributed by atoms with E-state index in [2.05, 4.69) is 12.1 Å². The standard InChI is InChI=1S/C13H14O3/c1-15-10-2-3-12-8(4-10)5-11-6-9(12)7-13(14)16-11/h2-4,9,11H,5-7H2,1H3/t9-,11+/m0/s1. The van der Waals surface area contributed by atoms with Gasteiger partial charge < -0.3 is 9.47 Å². The van der Waals surface area contributed by atoms with E-state index in [1.165, 1.54) is 11.1 Å². The van der Waals surface area contributed by atoms with Gasteiger partial charge in [0.2, 0.25) is 0 Å². The molecule has 1 saturated heterocycles. The van der Waals surface area contributed by atoms with E-state index < -0.39 is 0 Å². The second-order valence-corrected chi connectivity index (χ2v) is 4.52. The number of hydrogen-bond donors (Lipinski definition) is 0. The Kier molecular flexibility index (Phi) is 2.13. The number of ether oxygens (including phenoxy) is 2. The van der Waals surface area contributed by atoms with Crippen LogP contribution < -0.4 is 4.74 Å². The summed E-state index contributed by atoms with van der Waals surface area (Å²) >= 11 is 0. The number of methoxy groups -OCH3 is 1. The zero-order valence-corrected chi connectivity index (χ0v) is 9.23. The summed E-state index contributed by atoms with van der Waals surface area (Å²) in [6.07, 6.45) is 2.40. The van der Waals surface area contributed by atoms with E-state index in [4.69, 9.17) is 9.47 Å². The molecule has 0 amide bonds. The topological polar surface area (TPSA) is 35.5 Å². The highest BCUT2D eigenvalue weighted by molar-refractivity contribution is 5.72. The average molecular weight is 218 g/mol. The molecule has 0 radical (unpaired) electrons. The van der Waals surface area contributed by atoms with Crippen molar-refractivity contribution in [2.75, 3.05) is 7.11 Å². The molecule has 0 unspecified atom stereocenters. The smallest absolute Gasteiger partial charge is 0.306 e. The number of rotatable bonds is 1. The number of esters is 1. The molecule has 0 saturated carbocycles. The van der Waals surface area contributed by atoms with Crippen molar-refractivity contribution in [1.29, 1.82) is 0 Å². The van der Waals surface area contributed by atoms with Gasteiger partial charge in [-0.3, -0.25) is 4.79 Å². The lowest BCUT2D eigenvalue weighted by atomic mass is 9.78. The van der Waals surface area contributed by atoms with Crippen LogP contribution in [0.25, 0.3) is 0 Å². The van der Waals surface area contributed by atoms with Crippen LogP contribution in [0.2, 0.25) is 0 Å². The summed E-state index contributed by atoms with van der Waals surface area (Å²) < 4.78 is 10.5. The molecule has 2 bridgehead atoms. The third-order valence-corrected chi connectivity index (χ3v) is 3.50. The Morgan fingerprint density at radius 2 is 2.25 bits per heavy atom.